The summed E-state index contributed by atoms with van der Waals surface area (Å²) in [5.74, 6) is 1.46. The van der Waals surface area contributed by atoms with Gasteiger partial charge in [-0.3, -0.25) is 5.10 Å². The van der Waals surface area contributed by atoms with Gasteiger partial charge in [-0.2, -0.15) is 10.1 Å². The van der Waals surface area contributed by atoms with Crippen molar-refractivity contribution in [1.29, 1.82) is 0 Å². The summed E-state index contributed by atoms with van der Waals surface area (Å²) in [6.45, 7) is 4.08. The SMILES string of the molecule is CC(C)(c1ccccc1)c1nc(-c2ncn[nH]2)no1. The lowest BCUT2D eigenvalue weighted by atomic mass is 9.84. The average Bonchev–Trinajstić information content (AvgIpc) is 3.10. The molecule has 0 amide bonds. The Bertz CT molecular complexity index is 657. The second kappa shape index (κ2) is 4.31. The molecule has 0 spiro atoms. The van der Waals surface area contributed by atoms with E-state index in [0.717, 1.165) is 5.56 Å². The van der Waals surface area contributed by atoms with Crippen molar-refractivity contribution in [2.24, 2.45) is 0 Å². The van der Waals surface area contributed by atoms with E-state index < -0.39 is 0 Å². The van der Waals surface area contributed by atoms with Crippen LogP contribution in [0, 0.1) is 0 Å². The fraction of sp³-hybridized carbons (Fsp3) is 0.231. The van der Waals surface area contributed by atoms with Gasteiger partial charge in [0.15, 0.2) is 5.82 Å². The zero-order valence-corrected chi connectivity index (χ0v) is 10.7. The van der Waals surface area contributed by atoms with Crippen LogP contribution in [0.3, 0.4) is 0 Å². The van der Waals surface area contributed by atoms with E-state index in [-0.39, 0.29) is 5.41 Å². The van der Waals surface area contributed by atoms with Gasteiger partial charge >= 0.3 is 0 Å². The molecular weight excluding hydrogens is 242 g/mol. The number of nitrogens with zero attached hydrogens (tertiary/aromatic N) is 4. The van der Waals surface area contributed by atoms with Crippen molar-refractivity contribution < 1.29 is 4.52 Å². The molecule has 6 heteroatoms. The van der Waals surface area contributed by atoms with Gasteiger partial charge in [0.25, 0.3) is 0 Å². The topological polar surface area (TPSA) is 80.5 Å². The monoisotopic (exact) mass is 255 g/mol. The van der Waals surface area contributed by atoms with Crippen LogP contribution in [-0.2, 0) is 5.41 Å². The smallest absolute Gasteiger partial charge is 0.239 e. The third kappa shape index (κ3) is 2.01. The molecule has 0 bridgehead atoms. The molecule has 0 atom stereocenters. The van der Waals surface area contributed by atoms with E-state index in [1.807, 2.05) is 44.2 Å². The van der Waals surface area contributed by atoms with Crippen LogP contribution in [0.1, 0.15) is 25.3 Å². The Hall–Kier alpha value is -2.50. The molecule has 96 valence electrons. The van der Waals surface area contributed by atoms with Crippen LogP contribution in [0.25, 0.3) is 11.6 Å². The van der Waals surface area contributed by atoms with E-state index in [1.165, 1.54) is 6.33 Å². The molecule has 6 nitrogen and oxygen atoms in total. The molecule has 19 heavy (non-hydrogen) atoms. The van der Waals surface area contributed by atoms with Gasteiger partial charge in [-0.1, -0.05) is 35.5 Å². The van der Waals surface area contributed by atoms with Crippen molar-refractivity contribution in [3.05, 3.63) is 48.1 Å². The van der Waals surface area contributed by atoms with Crippen LogP contribution in [0.2, 0.25) is 0 Å². The molecule has 0 aliphatic heterocycles. The third-order valence-electron chi connectivity index (χ3n) is 3.08. The molecule has 2 heterocycles. The number of nitrogens with one attached hydrogen (secondary N) is 1. The molecule has 0 aliphatic carbocycles. The number of aromatic nitrogens is 5. The van der Waals surface area contributed by atoms with Gasteiger partial charge in [-0.15, -0.1) is 0 Å². The summed E-state index contributed by atoms with van der Waals surface area (Å²) >= 11 is 0. The lowest BCUT2D eigenvalue weighted by Gasteiger charge is -2.19. The summed E-state index contributed by atoms with van der Waals surface area (Å²) in [5, 5.41) is 10.4. The molecule has 0 fully saturated rings. The van der Waals surface area contributed by atoms with Crippen LogP contribution in [0.5, 0.6) is 0 Å². The lowest BCUT2D eigenvalue weighted by Crippen LogP contribution is -2.19. The second-order valence-electron chi connectivity index (χ2n) is 4.75. The summed E-state index contributed by atoms with van der Waals surface area (Å²) in [5.41, 5.74) is 0.759. The highest BCUT2D eigenvalue weighted by molar-refractivity contribution is 5.41. The summed E-state index contributed by atoms with van der Waals surface area (Å²) in [6.07, 6.45) is 1.41. The van der Waals surface area contributed by atoms with Crippen LogP contribution >= 0.6 is 0 Å². The maximum atomic E-state index is 5.36. The zero-order chi connectivity index (χ0) is 13.3. The Balaban J connectivity index is 1.99. The van der Waals surface area contributed by atoms with Crippen molar-refractivity contribution in [2.45, 2.75) is 19.3 Å². The maximum Gasteiger partial charge on any atom is 0.239 e. The first kappa shape index (κ1) is 11.6. The Morgan fingerprint density at radius 1 is 1.16 bits per heavy atom. The Morgan fingerprint density at radius 3 is 2.63 bits per heavy atom. The van der Waals surface area contributed by atoms with Gasteiger partial charge < -0.3 is 4.52 Å². The lowest BCUT2D eigenvalue weighted by molar-refractivity contribution is 0.332. The first-order chi connectivity index (χ1) is 9.18. The first-order valence-electron chi connectivity index (χ1n) is 5.93. The standard InChI is InChI=1S/C13H13N5O/c1-13(2,9-6-4-3-5-7-9)12-16-11(18-19-12)10-14-8-15-17-10/h3-8H,1-2H3,(H,14,15,17). The van der Waals surface area contributed by atoms with Crippen molar-refractivity contribution in [1.82, 2.24) is 25.3 Å². The maximum absolute atomic E-state index is 5.36. The molecule has 2 aromatic heterocycles. The fourth-order valence-corrected chi connectivity index (χ4v) is 1.87. The van der Waals surface area contributed by atoms with Crippen molar-refractivity contribution in [3.63, 3.8) is 0 Å². The Labute approximate surface area is 109 Å². The van der Waals surface area contributed by atoms with Gasteiger partial charge in [0.1, 0.15) is 6.33 Å². The molecule has 0 radical (unpaired) electrons. The van der Waals surface area contributed by atoms with Gasteiger partial charge in [-0.05, 0) is 19.4 Å². The second-order valence-corrected chi connectivity index (χ2v) is 4.75. The first-order valence-corrected chi connectivity index (χ1v) is 5.93. The summed E-state index contributed by atoms with van der Waals surface area (Å²) in [4.78, 5) is 8.39. The summed E-state index contributed by atoms with van der Waals surface area (Å²) in [6, 6.07) is 10.0. The molecule has 0 aliphatic rings. The molecule has 1 aromatic carbocycles. The Kier molecular flexibility index (Phi) is 2.63. The van der Waals surface area contributed by atoms with E-state index in [2.05, 4.69) is 25.3 Å². The van der Waals surface area contributed by atoms with E-state index in [9.17, 15) is 0 Å². The van der Waals surface area contributed by atoms with Crippen LogP contribution in [0.15, 0.2) is 41.2 Å². The Morgan fingerprint density at radius 2 is 1.95 bits per heavy atom. The highest BCUT2D eigenvalue weighted by Gasteiger charge is 2.30. The number of hydrogen-bond donors (Lipinski definition) is 1. The average molecular weight is 255 g/mol. The van der Waals surface area contributed by atoms with E-state index >= 15 is 0 Å². The highest BCUT2D eigenvalue weighted by atomic mass is 16.5. The number of benzene rings is 1. The molecular formula is C13H13N5O. The quantitative estimate of drug-likeness (QED) is 0.775. The summed E-state index contributed by atoms with van der Waals surface area (Å²) in [7, 11) is 0. The normalized spacial score (nSPS) is 11.7. The molecule has 1 N–H and O–H groups in total. The van der Waals surface area contributed by atoms with Crippen LogP contribution in [-0.4, -0.2) is 25.3 Å². The predicted octanol–water partition coefficient (Wildman–Crippen LogP) is 2.18. The number of aromatic amines is 1. The van der Waals surface area contributed by atoms with E-state index in [0.29, 0.717) is 17.5 Å². The molecule has 3 aromatic rings. The number of H-pyrrole nitrogens is 1. The molecule has 0 saturated heterocycles. The van der Waals surface area contributed by atoms with E-state index in [4.69, 9.17) is 4.52 Å². The number of hydrogen-bond acceptors (Lipinski definition) is 5. The minimum absolute atomic E-state index is 0.355. The minimum Gasteiger partial charge on any atom is -0.338 e. The van der Waals surface area contributed by atoms with E-state index in [1.54, 1.807) is 0 Å². The van der Waals surface area contributed by atoms with Gasteiger partial charge in [0.05, 0.1) is 5.41 Å². The highest BCUT2D eigenvalue weighted by Crippen LogP contribution is 2.30. The third-order valence-corrected chi connectivity index (χ3v) is 3.08. The van der Waals surface area contributed by atoms with Crippen LogP contribution < -0.4 is 0 Å². The van der Waals surface area contributed by atoms with Crippen molar-refractivity contribution in [2.75, 3.05) is 0 Å². The zero-order valence-electron chi connectivity index (χ0n) is 10.7. The molecule has 3 rings (SSSR count). The van der Waals surface area contributed by atoms with Crippen molar-refractivity contribution >= 4 is 0 Å². The van der Waals surface area contributed by atoms with Gasteiger partial charge in [0.2, 0.25) is 11.7 Å². The number of rotatable bonds is 3. The molecule has 0 unspecified atom stereocenters. The van der Waals surface area contributed by atoms with Gasteiger partial charge in [-0.25, -0.2) is 4.98 Å². The minimum atomic E-state index is -0.355. The fourth-order valence-electron chi connectivity index (χ4n) is 1.87. The van der Waals surface area contributed by atoms with Gasteiger partial charge in [0, 0.05) is 0 Å². The largest absolute Gasteiger partial charge is 0.338 e. The molecule has 0 saturated carbocycles. The van der Waals surface area contributed by atoms with Crippen LogP contribution in [0.4, 0.5) is 0 Å². The predicted molar refractivity (Wildman–Crippen MR) is 68.2 cm³/mol. The summed E-state index contributed by atoms with van der Waals surface area (Å²) < 4.78 is 5.36. The van der Waals surface area contributed by atoms with Crippen molar-refractivity contribution in [3.8, 4) is 11.6 Å².